The Labute approximate surface area is 192 Å². The largest absolute Gasteiger partial charge is 0.325 e. The molecule has 28 heavy (non-hydrogen) atoms. The van der Waals surface area contributed by atoms with Crippen molar-refractivity contribution in [1.29, 1.82) is 0 Å². The molecule has 11 heteroatoms. The van der Waals surface area contributed by atoms with E-state index in [9.17, 15) is 0 Å². The third-order valence-electron chi connectivity index (χ3n) is 3.32. The standard InChI is InChI=1S/C17H27.2H3O3PS.Zn/c1-2-3-4-5-6-7-8-9-11-14-17-15-12-10-13-16-17;2*1-4(2,3)5;/h10,12-13,15H,2-9,11,14H2,1H3;2*(H3,1,2,3,5);/q-1;;;. The Morgan fingerprint density at radius 1 is 0.750 bits per heavy atom. The second-order valence-electron chi connectivity index (χ2n) is 5.99. The normalized spacial score (nSPS) is 10.7. The Kier molecular flexibility index (Phi) is 25.3. The second kappa shape index (κ2) is 21.1. The fourth-order valence-electron chi connectivity index (χ4n) is 2.21. The molecule has 1 rings (SSSR count). The van der Waals surface area contributed by atoms with Crippen molar-refractivity contribution in [3.63, 3.8) is 0 Å². The molecule has 0 saturated heterocycles. The maximum absolute atomic E-state index is 7.56. The average Bonchev–Trinajstić information content (AvgIpc) is 2.51. The first kappa shape index (κ1) is 33.5. The van der Waals surface area contributed by atoms with Gasteiger partial charge >= 0.3 is 13.4 Å². The van der Waals surface area contributed by atoms with Crippen LogP contribution in [0.4, 0.5) is 0 Å². The molecule has 1 aromatic carbocycles. The molecule has 0 spiro atoms. The van der Waals surface area contributed by atoms with Crippen molar-refractivity contribution >= 4 is 37.1 Å². The van der Waals surface area contributed by atoms with Crippen molar-refractivity contribution in [1.82, 2.24) is 0 Å². The Balaban J connectivity index is -0.000000473. The van der Waals surface area contributed by atoms with Gasteiger partial charge in [-0.05, 0) is 23.6 Å². The number of rotatable bonds is 10. The van der Waals surface area contributed by atoms with Crippen LogP contribution in [0, 0.1) is 6.07 Å². The van der Waals surface area contributed by atoms with Gasteiger partial charge in [0.1, 0.15) is 0 Å². The summed E-state index contributed by atoms with van der Waals surface area (Å²) in [5.74, 6) is 0. The predicted octanol–water partition coefficient (Wildman–Crippen LogP) is 3.93. The van der Waals surface area contributed by atoms with Crippen LogP contribution in [-0.2, 0) is 49.5 Å². The van der Waals surface area contributed by atoms with Gasteiger partial charge in [0.15, 0.2) is 0 Å². The van der Waals surface area contributed by atoms with Gasteiger partial charge in [-0.2, -0.15) is 35.9 Å². The molecule has 0 fully saturated rings. The fourth-order valence-corrected chi connectivity index (χ4v) is 2.21. The van der Waals surface area contributed by atoms with Gasteiger partial charge in [0, 0.05) is 19.5 Å². The maximum Gasteiger partial charge on any atom is 0.319 e. The Hall–Kier alpha value is 0.903. The fraction of sp³-hybridized carbons (Fsp3) is 0.647. The van der Waals surface area contributed by atoms with Gasteiger partial charge < -0.3 is 29.4 Å². The first-order valence-electron chi connectivity index (χ1n) is 8.95. The van der Waals surface area contributed by atoms with E-state index < -0.39 is 13.4 Å². The Morgan fingerprint density at radius 3 is 1.50 bits per heavy atom. The summed E-state index contributed by atoms with van der Waals surface area (Å²) in [4.78, 5) is 45.3. The molecule has 0 atom stereocenters. The zero-order valence-corrected chi connectivity index (χ0v) is 22.9. The molecule has 0 aromatic heterocycles. The van der Waals surface area contributed by atoms with Crippen LogP contribution >= 0.6 is 13.4 Å². The molecular weight excluding hydrogens is 492 g/mol. The van der Waals surface area contributed by atoms with Crippen molar-refractivity contribution in [2.24, 2.45) is 0 Å². The SMILES string of the molecule is CCCCCCCCCCCc1[c-]cccc1.OP(O)(O)=S.OP(O)(O)=S.[Zn]. The van der Waals surface area contributed by atoms with Crippen LogP contribution in [0.2, 0.25) is 0 Å². The van der Waals surface area contributed by atoms with Gasteiger partial charge in [-0.25, -0.2) is 0 Å². The van der Waals surface area contributed by atoms with E-state index in [0.29, 0.717) is 0 Å². The molecule has 6 nitrogen and oxygen atoms in total. The molecule has 0 bridgehead atoms. The third-order valence-corrected chi connectivity index (χ3v) is 3.32. The summed E-state index contributed by atoms with van der Waals surface area (Å²) in [6.07, 6.45) is 13.9. The Bertz CT molecular complexity index is 503. The zero-order chi connectivity index (χ0) is 21.2. The van der Waals surface area contributed by atoms with Crippen LogP contribution in [0.15, 0.2) is 24.3 Å². The topological polar surface area (TPSA) is 121 Å². The van der Waals surface area contributed by atoms with Crippen molar-refractivity contribution < 1.29 is 48.8 Å². The van der Waals surface area contributed by atoms with Gasteiger partial charge in [0.2, 0.25) is 0 Å². The number of unbranched alkanes of at least 4 members (excludes halogenated alkanes) is 8. The smallest absolute Gasteiger partial charge is 0.319 e. The van der Waals surface area contributed by atoms with Crippen LogP contribution in [-0.4, -0.2) is 29.4 Å². The van der Waals surface area contributed by atoms with Crippen molar-refractivity contribution in [2.75, 3.05) is 0 Å². The molecule has 162 valence electrons. The minimum atomic E-state index is -3.81. The second-order valence-corrected chi connectivity index (χ2v) is 11.0. The number of benzene rings is 1. The molecule has 0 aliphatic rings. The van der Waals surface area contributed by atoms with Gasteiger partial charge in [-0.3, -0.25) is 0 Å². The predicted molar refractivity (Wildman–Crippen MR) is 118 cm³/mol. The molecule has 0 heterocycles. The van der Waals surface area contributed by atoms with Crippen molar-refractivity contribution in [3.8, 4) is 0 Å². The molecule has 0 aliphatic carbocycles. The van der Waals surface area contributed by atoms with Crippen molar-refractivity contribution in [3.05, 3.63) is 35.9 Å². The number of hydrogen-bond acceptors (Lipinski definition) is 2. The molecule has 1 aromatic rings. The van der Waals surface area contributed by atoms with Crippen LogP contribution in [0.5, 0.6) is 0 Å². The van der Waals surface area contributed by atoms with Crippen LogP contribution in [0.25, 0.3) is 0 Å². The van der Waals surface area contributed by atoms with E-state index in [0.717, 1.165) is 0 Å². The molecule has 0 aliphatic heterocycles. The van der Waals surface area contributed by atoms with E-state index >= 15 is 0 Å². The van der Waals surface area contributed by atoms with Crippen LogP contribution < -0.4 is 0 Å². The monoisotopic (exact) mass is 523 g/mol. The summed E-state index contributed by atoms with van der Waals surface area (Å²) in [6, 6.07) is 11.6. The average molecular weight is 525 g/mol. The molecular formula is C17H33O6P2S2Zn-. The number of hydrogen-bond donors (Lipinski definition) is 6. The van der Waals surface area contributed by atoms with E-state index in [2.05, 4.69) is 48.7 Å². The summed E-state index contributed by atoms with van der Waals surface area (Å²) in [6.45, 7) is -5.33. The third kappa shape index (κ3) is 45.6. The first-order valence-corrected chi connectivity index (χ1v) is 14.3. The summed E-state index contributed by atoms with van der Waals surface area (Å²) >= 11 is 7.21. The molecule has 0 radical (unpaired) electrons. The van der Waals surface area contributed by atoms with Crippen molar-refractivity contribution in [2.45, 2.75) is 71.1 Å². The molecule has 6 N–H and O–H groups in total. The van der Waals surface area contributed by atoms with Gasteiger partial charge in [0.25, 0.3) is 0 Å². The van der Waals surface area contributed by atoms with E-state index in [1.54, 1.807) is 0 Å². The van der Waals surface area contributed by atoms with Crippen LogP contribution in [0.3, 0.4) is 0 Å². The number of aryl methyl sites for hydroxylation is 1. The van der Waals surface area contributed by atoms with Gasteiger partial charge in [0.05, 0.1) is 0 Å². The van der Waals surface area contributed by atoms with E-state index in [1.165, 1.54) is 69.8 Å². The van der Waals surface area contributed by atoms with Gasteiger partial charge in [-0.15, -0.1) is 0 Å². The summed E-state index contributed by atoms with van der Waals surface area (Å²) in [7, 11) is 0. The quantitative estimate of drug-likeness (QED) is 0.118. The molecule has 0 amide bonds. The minimum absolute atomic E-state index is 0. The van der Waals surface area contributed by atoms with E-state index in [-0.39, 0.29) is 19.5 Å². The van der Waals surface area contributed by atoms with E-state index in [1.807, 2.05) is 12.1 Å². The Morgan fingerprint density at radius 2 is 1.14 bits per heavy atom. The molecule has 0 unspecified atom stereocenters. The molecule has 0 saturated carbocycles. The minimum Gasteiger partial charge on any atom is -0.325 e. The summed E-state index contributed by atoms with van der Waals surface area (Å²) < 4.78 is 0. The van der Waals surface area contributed by atoms with Crippen LogP contribution in [0.1, 0.15) is 70.3 Å². The maximum atomic E-state index is 7.56. The first-order chi connectivity index (χ1) is 12.4. The van der Waals surface area contributed by atoms with Gasteiger partial charge in [-0.1, -0.05) is 71.1 Å². The zero-order valence-electron chi connectivity index (χ0n) is 16.5. The van der Waals surface area contributed by atoms with E-state index in [4.69, 9.17) is 29.4 Å². The summed E-state index contributed by atoms with van der Waals surface area (Å²) in [5, 5.41) is 0. The summed E-state index contributed by atoms with van der Waals surface area (Å²) in [5.41, 5.74) is 1.37.